The number of benzene rings is 1. The average molecular weight is 472 g/mol. The number of rotatable bonds is 3. The molecular formula is C27H29N5O3. The minimum atomic E-state index is -0.313. The van der Waals surface area contributed by atoms with Crippen LogP contribution in [0.3, 0.4) is 0 Å². The molecule has 0 spiro atoms. The molecule has 1 saturated heterocycles. The van der Waals surface area contributed by atoms with Gasteiger partial charge >= 0.3 is 0 Å². The van der Waals surface area contributed by atoms with Crippen molar-refractivity contribution in [3.05, 3.63) is 46.6 Å². The number of hydrogen-bond donors (Lipinski definition) is 1. The molecule has 8 nitrogen and oxygen atoms in total. The highest BCUT2D eigenvalue weighted by atomic mass is 16.5. The zero-order valence-electron chi connectivity index (χ0n) is 19.9. The second kappa shape index (κ2) is 7.88. The van der Waals surface area contributed by atoms with E-state index in [0.29, 0.717) is 36.2 Å². The second-order valence-electron chi connectivity index (χ2n) is 10.4. The summed E-state index contributed by atoms with van der Waals surface area (Å²) in [7, 11) is 0. The van der Waals surface area contributed by atoms with E-state index in [2.05, 4.69) is 27.3 Å². The maximum Gasteiger partial charge on any atom is 0.259 e. The molecule has 7 rings (SSSR count). The molecule has 2 fully saturated rings. The van der Waals surface area contributed by atoms with Crippen molar-refractivity contribution >= 4 is 34.8 Å². The first-order valence-corrected chi connectivity index (χ1v) is 12.8. The maximum atomic E-state index is 13.9. The second-order valence-corrected chi connectivity index (χ2v) is 10.4. The topological polar surface area (TPSA) is 87.1 Å². The van der Waals surface area contributed by atoms with Crippen LogP contribution in [0, 0.1) is 12.8 Å². The molecule has 180 valence electrons. The highest BCUT2D eigenvalue weighted by Gasteiger charge is 2.44. The van der Waals surface area contributed by atoms with Crippen molar-refractivity contribution in [3.63, 3.8) is 0 Å². The number of aliphatic imine (C=N–C) groups is 1. The number of anilines is 3. The molecule has 2 amide bonds. The highest BCUT2D eigenvalue weighted by molar-refractivity contribution is 6.17. The van der Waals surface area contributed by atoms with Gasteiger partial charge in [0, 0.05) is 37.4 Å². The Balaban J connectivity index is 1.29. The Kier molecular flexibility index (Phi) is 4.74. The van der Waals surface area contributed by atoms with Crippen molar-refractivity contribution in [2.24, 2.45) is 10.9 Å². The fourth-order valence-corrected chi connectivity index (χ4v) is 6.04. The number of pyridine rings is 1. The number of nitrogens with zero attached hydrogens (tertiary/aromatic N) is 4. The minimum absolute atomic E-state index is 0.0269. The zero-order valence-corrected chi connectivity index (χ0v) is 19.9. The van der Waals surface area contributed by atoms with Crippen LogP contribution in [0.25, 0.3) is 0 Å². The highest BCUT2D eigenvalue weighted by Crippen LogP contribution is 2.47. The first-order chi connectivity index (χ1) is 17.1. The summed E-state index contributed by atoms with van der Waals surface area (Å²) < 4.78 is 5.57. The first-order valence-electron chi connectivity index (χ1n) is 12.8. The molecule has 35 heavy (non-hydrogen) atoms. The molecule has 1 aromatic carbocycles. The molecular weight excluding hydrogens is 442 g/mol. The van der Waals surface area contributed by atoms with Gasteiger partial charge in [0.1, 0.15) is 17.7 Å². The van der Waals surface area contributed by atoms with Crippen LogP contribution in [0.4, 0.5) is 17.2 Å². The van der Waals surface area contributed by atoms with Gasteiger partial charge in [0.25, 0.3) is 5.91 Å². The van der Waals surface area contributed by atoms with Gasteiger partial charge in [0.05, 0.1) is 17.9 Å². The van der Waals surface area contributed by atoms with Crippen LogP contribution in [0.5, 0.6) is 0 Å². The van der Waals surface area contributed by atoms with Gasteiger partial charge in [-0.05, 0) is 73.8 Å². The fraction of sp³-hybridized carbons (Fsp3) is 0.481. The predicted octanol–water partition coefficient (Wildman–Crippen LogP) is 3.44. The van der Waals surface area contributed by atoms with Crippen molar-refractivity contribution in [2.75, 3.05) is 41.4 Å². The molecule has 5 heterocycles. The molecule has 0 bridgehead atoms. The maximum absolute atomic E-state index is 13.9. The summed E-state index contributed by atoms with van der Waals surface area (Å²) in [4.78, 5) is 40.3. The van der Waals surface area contributed by atoms with E-state index in [0.717, 1.165) is 79.3 Å². The number of nitrogens with one attached hydrogen (secondary N) is 1. The molecule has 1 atom stereocenters. The summed E-state index contributed by atoms with van der Waals surface area (Å²) in [6.07, 6.45) is 6.66. The number of ether oxygens (including phenoxy) is 1. The third-order valence-corrected chi connectivity index (χ3v) is 7.99. The molecule has 1 N–H and O–H groups in total. The lowest BCUT2D eigenvalue weighted by atomic mass is 9.94. The van der Waals surface area contributed by atoms with Crippen molar-refractivity contribution in [3.8, 4) is 0 Å². The Bertz CT molecular complexity index is 1280. The number of carbonyl (C=O) groups is 2. The molecule has 5 aliphatic rings. The van der Waals surface area contributed by atoms with Crippen LogP contribution in [0.2, 0.25) is 0 Å². The van der Waals surface area contributed by atoms with Gasteiger partial charge in [-0.2, -0.15) is 0 Å². The smallest absolute Gasteiger partial charge is 0.259 e. The standard InChI is InChI=1S/C27H29N5O3/c1-15-10-18-4-7-31(24(18)28-13-15)27(34)20-11-21-22(12-19(20)16-2-3-16)32-23(26(33)30-21)14-29-25(32)17-5-8-35-9-6-17/h10-13,16-17,23H,2-9,14H2,1H3,(H,30,33). The van der Waals surface area contributed by atoms with Gasteiger partial charge in [-0.3, -0.25) is 19.5 Å². The first kappa shape index (κ1) is 21.1. The Hall–Kier alpha value is -3.26. The normalized spacial score (nSPS) is 23.5. The Morgan fingerprint density at radius 1 is 1.11 bits per heavy atom. The molecule has 8 heteroatoms. The van der Waals surface area contributed by atoms with E-state index in [4.69, 9.17) is 9.73 Å². The SMILES string of the molecule is Cc1cnc2c(c1)CCN2C(=O)c1cc2c(cc1C1CC1)N1C(C3CCOCC3)=NCC1C(=O)N2. The van der Waals surface area contributed by atoms with Gasteiger partial charge in [0.15, 0.2) is 0 Å². The van der Waals surface area contributed by atoms with E-state index in [9.17, 15) is 9.59 Å². The van der Waals surface area contributed by atoms with Gasteiger partial charge in [-0.15, -0.1) is 0 Å². The molecule has 4 aliphatic heterocycles. The summed E-state index contributed by atoms with van der Waals surface area (Å²) in [5, 5.41) is 3.09. The van der Waals surface area contributed by atoms with Gasteiger partial charge in [0.2, 0.25) is 5.91 Å². The summed E-state index contributed by atoms with van der Waals surface area (Å²) in [5.74, 6) is 2.37. The lowest BCUT2D eigenvalue weighted by molar-refractivity contribution is -0.117. The largest absolute Gasteiger partial charge is 0.381 e. The van der Waals surface area contributed by atoms with Gasteiger partial charge in [-0.1, -0.05) is 6.07 Å². The molecule has 1 aliphatic carbocycles. The van der Waals surface area contributed by atoms with Crippen molar-refractivity contribution in [1.82, 2.24) is 4.98 Å². The number of amides is 2. The molecule has 2 aromatic rings. The molecule has 1 unspecified atom stereocenters. The van der Waals surface area contributed by atoms with E-state index in [1.807, 2.05) is 19.2 Å². The van der Waals surface area contributed by atoms with E-state index in [1.54, 1.807) is 4.90 Å². The quantitative estimate of drug-likeness (QED) is 0.741. The van der Waals surface area contributed by atoms with Crippen LogP contribution in [0.15, 0.2) is 29.4 Å². The van der Waals surface area contributed by atoms with Crippen LogP contribution < -0.4 is 15.1 Å². The molecule has 1 saturated carbocycles. The minimum Gasteiger partial charge on any atom is -0.381 e. The Labute approximate surface area is 204 Å². The number of aromatic nitrogens is 1. The van der Waals surface area contributed by atoms with E-state index in [1.165, 1.54) is 0 Å². The van der Waals surface area contributed by atoms with E-state index >= 15 is 0 Å². The van der Waals surface area contributed by atoms with Crippen molar-refractivity contribution in [1.29, 1.82) is 0 Å². The number of aryl methyl sites for hydroxylation is 1. The third-order valence-electron chi connectivity index (χ3n) is 7.99. The zero-order chi connectivity index (χ0) is 23.7. The summed E-state index contributed by atoms with van der Waals surface area (Å²) in [6, 6.07) is 5.87. The Morgan fingerprint density at radius 3 is 2.74 bits per heavy atom. The van der Waals surface area contributed by atoms with Gasteiger partial charge in [-0.25, -0.2) is 4.98 Å². The lowest BCUT2D eigenvalue weighted by Crippen LogP contribution is -2.50. The van der Waals surface area contributed by atoms with Crippen LogP contribution >= 0.6 is 0 Å². The van der Waals surface area contributed by atoms with Crippen LogP contribution in [-0.4, -0.2) is 55.0 Å². The van der Waals surface area contributed by atoms with Gasteiger partial charge < -0.3 is 15.0 Å². The third kappa shape index (κ3) is 3.37. The lowest BCUT2D eigenvalue weighted by Gasteiger charge is -2.37. The fourth-order valence-electron chi connectivity index (χ4n) is 6.04. The summed E-state index contributed by atoms with van der Waals surface area (Å²) in [6.45, 7) is 4.60. The average Bonchev–Trinajstić information content (AvgIpc) is 3.48. The number of amidine groups is 1. The van der Waals surface area contributed by atoms with Crippen LogP contribution in [-0.2, 0) is 16.0 Å². The van der Waals surface area contributed by atoms with E-state index < -0.39 is 0 Å². The van der Waals surface area contributed by atoms with Crippen molar-refractivity contribution in [2.45, 2.75) is 51.0 Å². The monoisotopic (exact) mass is 471 g/mol. The summed E-state index contributed by atoms with van der Waals surface area (Å²) >= 11 is 0. The number of fused-ring (bicyclic) bond motifs is 4. The number of hydrogen-bond acceptors (Lipinski definition) is 6. The van der Waals surface area contributed by atoms with E-state index in [-0.39, 0.29) is 17.9 Å². The predicted molar refractivity (Wildman–Crippen MR) is 134 cm³/mol. The number of carbonyl (C=O) groups excluding carboxylic acids is 2. The van der Waals surface area contributed by atoms with Crippen molar-refractivity contribution < 1.29 is 14.3 Å². The molecule has 1 aromatic heterocycles. The molecule has 0 radical (unpaired) electrons. The summed E-state index contributed by atoms with van der Waals surface area (Å²) in [5.41, 5.74) is 5.68. The van der Waals surface area contributed by atoms with Crippen LogP contribution in [0.1, 0.15) is 58.6 Å². The Morgan fingerprint density at radius 2 is 1.94 bits per heavy atom.